The minimum Gasteiger partial charge on any atom is -0.402 e. The van der Waals surface area contributed by atoms with Gasteiger partial charge in [-0.15, -0.1) is 11.8 Å². The van der Waals surface area contributed by atoms with E-state index >= 15 is 4.39 Å². The first-order valence-electron chi connectivity index (χ1n) is 11.1. The van der Waals surface area contributed by atoms with Crippen molar-refractivity contribution in [3.8, 4) is 0 Å². The monoisotopic (exact) mass is 485 g/mol. The fourth-order valence-electron chi connectivity index (χ4n) is 4.77. The molecule has 0 saturated heterocycles. The van der Waals surface area contributed by atoms with Gasteiger partial charge in [0.2, 0.25) is 5.71 Å². The van der Waals surface area contributed by atoms with Crippen molar-refractivity contribution in [2.24, 2.45) is 5.73 Å². The Morgan fingerprint density at radius 3 is 2.80 bits per heavy atom. The molecule has 0 spiro atoms. The van der Waals surface area contributed by atoms with Crippen molar-refractivity contribution in [2.75, 3.05) is 6.26 Å². The summed E-state index contributed by atoms with van der Waals surface area (Å²) in [5, 5.41) is 2.23. The Morgan fingerprint density at radius 2 is 2.09 bits per heavy atom. The van der Waals surface area contributed by atoms with Crippen LogP contribution in [0.2, 0.25) is 0 Å². The first-order chi connectivity index (χ1) is 16.8. The van der Waals surface area contributed by atoms with E-state index in [0.717, 1.165) is 27.0 Å². The molecule has 0 amide bonds. The fraction of sp³-hybridized carbons (Fsp3) is 0.143. The van der Waals surface area contributed by atoms with Gasteiger partial charge in [-0.3, -0.25) is 0 Å². The van der Waals surface area contributed by atoms with Crippen molar-refractivity contribution >= 4 is 56.4 Å². The van der Waals surface area contributed by atoms with E-state index in [1.54, 1.807) is 36.2 Å². The second-order valence-corrected chi connectivity index (χ2v) is 9.25. The first-order valence-corrected chi connectivity index (χ1v) is 12.3. The molecule has 0 aliphatic carbocycles. The van der Waals surface area contributed by atoms with Gasteiger partial charge in [-0.05, 0) is 61.6 Å². The van der Waals surface area contributed by atoms with E-state index in [9.17, 15) is 4.79 Å². The topological polar surface area (TPSA) is 74.1 Å². The first kappa shape index (κ1) is 22.9. The van der Waals surface area contributed by atoms with Crippen molar-refractivity contribution in [1.82, 2.24) is 9.55 Å². The maximum Gasteiger partial charge on any atom is 0.362 e. The zero-order valence-electron chi connectivity index (χ0n) is 19.7. The van der Waals surface area contributed by atoms with E-state index in [2.05, 4.69) is 11.6 Å². The smallest absolute Gasteiger partial charge is 0.362 e. The molecule has 0 atom stereocenters. The molecule has 2 aromatic carbocycles. The number of nitrogens with two attached hydrogens (primary N) is 1. The molecular weight excluding hydrogens is 461 g/mol. The molecular formula is C28H24FN3O2S. The number of halogens is 1. The maximum atomic E-state index is 15.3. The van der Waals surface area contributed by atoms with Crippen molar-refractivity contribution < 1.29 is 8.81 Å². The number of fused-ring (bicyclic) bond motifs is 5. The van der Waals surface area contributed by atoms with Gasteiger partial charge >= 0.3 is 5.63 Å². The molecule has 176 valence electrons. The van der Waals surface area contributed by atoms with Gasteiger partial charge < -0.3 is 14.7 Å². The zero-order valence-corrected chi connectivity index (χ0v) is 20.5. The summed E-state index contributed by atoms with van der Waals surface area (Å²) in [7, 11) is 0. The van der Waals surface area contributed by atoms with Gasteiger partial charge in [0.05, 0.1) is 5.52 Å². The highest BCUT2D eigenvalue weighted by atomic mass is 32.2. The number of pyridine rings is 1. The average molecular weight is 486 g/mol. The van der Waals surface area contributed by atoms with Crippen molar-refractivity contribution in [3.05, 3.63) is 93.7 Å². The molecule has 0 radical (unpaired) electrons. The van der Waals surface area contributed by atoms with Crippen molar-refractivity contribution in [1.29, 1.82) is 0 Å². The van der Waals surface area contributed by atoms with Gasteiger partial charge in [-0.2, -0.15) is 0 Å². The molecule has 5 aromatic rings. The third kappa shape index (κ3) is 3.63. The van der Waals surface area contributed by atoms with Gasteiger partial charge in [0, 0.05) is 50.6 Å². The van der Waals surface area contributed by atoms with E-state index in [4.69, 9.17) is 10.2 Å². The van der Waals surface area contributed by atoms with Gasteiger partial charge in [0.25, 0.3) is 0 Å². The summed E-state index contributed by atoms with van der Waals surface area (Å²) in [6.07, 6.45) is 7.12. The predicted octanol–water partition coefficient (Wildman–Crippen LogP) is 6.48. The van der Waals surface area contributed by atoms with Gasteiger partial charge in [-0.1, -0.05) is 24.8 Å². The lowest BCUT2D eigenvalue weighted by atomic mass is 10.00. The van der Waals surface area contributed by atoms with E-state index in [-0.39, 0.29) is 11.5 Å². The number of rotatable bonds is 5. The number of allylic oxidation sites excluding steroid dienone is 1. The second-order valence-electron chi connectivity index (χ2n) is 8.41. The third-order valence-corrected chi connectivity index (χ3v) is 7.11. The number of thioether (sulfide) groups is 1. The van der Waals surface area contributed by atoms with Crippen molar-refractivity contribution in [3.63, 3.8) is 0 Å². The standard InChI is InChI=1S/C28H24FN3O2S/c1-5-7-18-15(2)24-22(13-21(18)29)32(14-17-9-10-23(35-4)20(12-17)16(3)30)26-25(24)19-8-6-11-31-27(19)34-28(26)33/h5-13H,3,14,30H2,1-2,4H3/b7-5-. The summed E-state index contributed by atoms with van der Waals surface area (Å²) in [4.78, 5) is 18.6. The van der Waals surface area contributed by atoms with Crippen LogP contribution in [0, 0.1) is 12.7 Å². The molecule has 0 fully saturated rings. The average Bonchev–Trinajstić information content (AvgIpc) is 3.16. The lowest BCUT2D eigenvalue weighted by molar-refractivity contribution is 0.553. The lowest BCUT2D eigenvalue weighted by Gasteiger charge is -2.12. The maximum absolute atomic E-state index is 15.3. The quantitative estimate of drug-likeness (QED) is 0.289. The molecule has 0 bridgehead atoms. The zero-order chi connectivity index (χ0) is 24.9. The molecule has 3 heterocycles. The molecule has 5 nitrogen and oxygen atoms in total. The van der Waals surface area contributed by atoms with E-state index in [0.29, 0.717) is 39.6 Å². The summed E-state index contributed by atoms with van der Waals surface area (Å²) in [5.41, 5.74) is 10.2. The van der Waals surface area contributed by atoms with E-state index in [1.807, 2.05) is 48.9 Å². The summed E-state index contributed by atoms with van der Waals surface area (Å²) >= 11 is 1.58. The Morgan fingerprint density at radius 1 is 1.29 bits per heavy atom. The Bertz CT molecular complexity index is 1750. The van der Waals surface area contributed by atoms with Crippen LogP contribution in [-0.2, 0) is 6.54 Å². The molecule has 0 aliphatic heterocycles. The molecule has 3 aromatic heterocycles. The molecule has 5 rings (SSSR count). The number of benzene rings is 2. The van der Waals surface area contributed by atoms with E-state index < -0.39 is 5.63 Å². The third-order valence-electron chi connectivity index (χ3n) is 6.31. The van der Waals surface area contributed by atoms with Crippen LogP contribution >= 0.6 is 11.8 Å². The number of aromatic nitrogens is 2. The number of hydrogen-bond acceptors (Lipinski definition) is 5. The summed E-state index contributed by atoms with van der Waals surface area (Å²) in [6.45, 7) is 7.96. The lowest BCUT2D eigenvalue weighted by Crippen LogP contribution is -2.09. The van der Waals surface area contributed by atoms with Gasteiger partial charge in [0.1, 0.15) is 11.3 Å². The van der Waals surface area contributed by atoms with Crippen LogP contribution in [0.3, 0.4) is 0 Å². The van der Waals surface area contributed by atoms with Crippen LogP contribution in [0.5, 0.6) is 0 Å². The van der Waals surface area contributed by atoms with Crippen LogP contribution in [0.4, 0.5) is 4.39 Å². The minimum absolute atomic E-state index is 0.256. The van der Waals surface area contributed by atoms with Crippen LogP contribution in [0.15, 0.2) is 69.4 Å². The summed E-state index contributed by atoms with van der Waals surface area (Å²) < 4.78 is 22.7. The highest BCUT2D eigenvalue weighted by Crippen LogP contribution is 2.37. The normalized spacial score (nSPS) is 11.9. The van der Waals surface area contributed by atoms with Crippen LogP contribution in [0.1, 0.15) is 29.2 Å². The summed E-state index contributed by atoms with van der Waals surface area (Å²) in [5.74, 6) is -0.349. The molecule has 0 unspecified atom stereocenters. The largest absolute Gasteiger partial charge is 0.402 e. The van der Waals surface area contributed by atoms with Crippen LogP contribution < -0.4 is 11.4 Å². The molecule has 7 heteroatoms. The molecule has 35 heavy (non-hydrogen) atoms. The Hall–Kier alpha value is -3.84. The molecule has 0 aliphatic rings. The highest BCUT2D eigenvalue weighted by molar-refractivity contribution is 7.98. The Labute approximate surface area is 205 Å². The fourth-order valence-corrected chi connectivity index (χ4v) is 5.39. The summed E-state index contributed by atoms with van der Waals surface area (Å²) in [6, 6.07) is 11.1. The number of nitrogens with zero attached hydrogens (tertiary/aromatic N) is 2. The Balaban J connectivity index is 1.91. The minimum atomic E-state index is -0.515. The Kier molecular flexibility index (Phi) is 5.73. The van der Waals surface area contributed by atoms with Crippen LogP contribution in [0.25, 0.3) is 44.7 Å². The number of aryl methyl sites for hydroxylation is 1. The van der Waals surface area contributed by atoms with E-state index in [1.165, 1.54) is 6.07 Å². The van der Waals surface area contributed by atoms with Crippen LogP contribution in [-0.4, -0.2) is 15.8 Å². The van der Waals surface area contributed by atoms with Gasteiger partial charge in [-0.25, -0.2) is 14.2 Å². The van der Waals surface area contributed by atoms with Crippen molar-refractivity contribution in [2.45, 2.75) is 25.3 Å². The predicted molar refractivity (Wildman–Crippen MR) is 143 cm³/mol. The molecule has 2 N–H and O–H groups in total. The van der Waals surface area contributed by atoms with Gasteiger partial charge in [0.15, 0.2) is 0 Å². The SMILES string of the molecule is C=C(N)c1cc(Cn2c3cc(F)c(/C=C\C)c(C)c3c3c4cccnc4oc(=O)c32)ccc1SC. The molecule has 0 saturated carbocycles. The number of hydrogen-bond donors (Lipinski definition) is 1. The highest BCUT2D eigenvalue weighted by Gasteiger charge is 2.23. The second kappa shape index (κ2) is 8.74.